The van der Waals surface area contributed by atoms with Crippen LogP contribution in [0, 0.1) is 11.8 Å². The Morgan fingerprint density at radius 3 is 1.86 bits per heavy atom. The maximum absolute atomic E-state index is 12.7. The Balaban J connectivity index is 5.26. The Hall–Kier alpha value is -0.153. The van der Waals surface area contributed by atoms with Gasteiger partial charge in [0.25, 0.3) is 0 Å². The van der Waals surface area contributed by atoms with Gasteiger partial charge in [0.2, 0.25) is 0 Å². The number of carbonyl (C=O) groups is 2. The molecular weight excluding hydrogens is 312 g/mol. The van der Waals surface area contributed by atoms with Gasteiger partial charge < -0.3 is 0 Å². The van der Waals surface area contributed by atoms with Gasteiger partial charge in [0, 0.05) is 23.1 Å². The second-order valence-electron chi connectivity index (χ2n) is 9.14. The van der Waals surface area contributed by atoms with Crippen LogP contribution in [0.2, 0.25) is 24.2 Å². The van der Waals surface area contributed by atoms with Crippen molar-refractivity contribution in [1.82, 2.24) is 0 Å². The van der Waals surface area contributed by atoms with Crippen molar-refractivity contribution in [2.75, 3.05) is 0 Å². The molecule has 2 nitrogen and oxygen atoms in total. The van der Waals surface area contributed by atoms with Gasteiger partial charge in [-0.15, -0.1) is 11.6 Å². The molecule has 130 valence electrons. The molecule has 0 radical (unpaired) electrons. The highest BCUT2D eigenvalue weighted by Crippen LogP contribution is 2.42. The van der Waals surface area contributed by atoms with Gasteiger partial charge in [-0.3, -0.25) is 9.59 Å². The van der Waals surface area contributed by atoms with Crippen molar-refractivity contribution in [2.45, 2.75) is 90.4 Å². The first kappa shape index (κ1) is 21.8. The van der Waals surface area contributed by atoms with Crippen LogP contribution < -0.4 is 0 Å². The lowest BCUT2D eigenvalue weighted by atomic mass is 9.88. The van der Waals surface area contributed by atoms with E-state index in [1.165, 1.54) is 0 Å². The quantitative estimate of drug-likeness (QED) is 0.417. The van der Waals surface area contributed by atoms with Gasteiger partial charge >= 0.3 is 0 Å². The summed E-state index contributed by atoms with van der Waals surface area (Å²) in [5, 5.41) is 0.238. The van der Waals surface area contributed by atoms with Crippen LogP contribution in [-0.4, -0.2) is 24.5 Å². The lowest BCUT2D eigenvalue weighted by Gasteiger charge is -2.40. The summed E-state index contributed by atoms with van der Waals surface area (Å²) in [5.41, 5.74) is 0. The summed E-state index contributed by atoms with van der Waals surface area (Å²) in [7, 11) is -1.58. The van der Waals surface area contributed by atoms with Crippen molar-refractivity contribution < 1.29 is 9.59 Å². The van der Waals surface area contributed by atoms with Crippen LogP contribution in [-0.2, 0) is 9.59 Å². The molecule has 0 aromatic carbocycles. The molecular formula is C18H35ClO2Si. The molecule has 0 aliphatic heterocycles. The van der Waals surface area contributed by atoms with E-state index < -0.39 is 12.9 Å². The van der Waals surface area contributed by atoms with Crippen LogP contribution in [0.5, 0.6) is 0 Å². The van der Waals surface area contributed by atoms with Crippen molar-refractivity contribution in [1.29, 1.82) is 0 Å². The van der Waals surface area contributed by atoms with Crippen LogP contribution in [0.3, 0.4) is 0 Å². The molecule has 0 heterocycles. The average Bonchev–Trinajstić information content (AvgIpc) is 2.23. The van der Waals surface area contributed by atoms with E-state index in [0.717, 1.165) is 6.04 Å². The molecule has 0 aliphatic rings. The summed E-state index contributed by atoms with van der Waals surface area (Å²) in [6.07, 6.45) is 1.03. The molecule has 0 aliphatic carbocycles. The van der Waals surface area contributed by atoms with Gasteiger partial charge in [0.15, 0.2) is 0 Å². The summed E-state index contributed by atoms with van der Waals surface area (Å²) in [6.45, 7) is 18.8. The maximum atomic E-state index is 12.7. The highest BCUT2D eigenvalue weighted by atomic mass is 35.5. The Morgan fingerprint density at radius 2 is 1.55 bits per heavy atom. The predicted octanol–water partition coefficient (Wildman–Crippen LogP) is 5.70. The summed E-state index contributed by atoms with van der Waals surface area (Å²) in [5.74, 6) is 0.283. The Kier molecular flexibility index (Phi) is 7.56. The normalized spacial score (nSPS) is 16.3. The standard InChI is InChI=1S/C18H35ClO2Si/c1-13(14(2)20)10-15(16(21)11-18(6,7)19)12-22(8,9)17(3,4)5/h13,15H,10-12H2,1-9H3. The average molecular weight is 347 g/mol. The highest BCUT2D eigenvalue weighted by molar-refractivity contribution is 6.80. The van der Waals surface area contributed by atoms with E-state index in [4.69, 9.17) is 11.6 Å². The fraction of sp³-hybridized carbons (Fsp3) is 0.889. The first-order chi connectivity index (χ1) is 9.57. The molecule has 0 saturated carbocycles. The molecule has 0 aromatic heterocycles. The summed E-state index contributed by atoms with van der Waals surface area (Å²) >= 11 is 6.26. The highest BCUT2D eigenvalue weighted by Gasteiger charge is 2.39. The van der Waals surface area contributed by atoms with Gasteiger partial charge in [0.05, 0.1) is 8.07 Å². The molecule has 0 aromatic rings. The molecule has 0 N–H and O–H groups in total. The maximum Gasteiger partial charge on any atom is 0.137 e. The number of Topliss-reactive ketones (excluding diaryl/α,β-unsaturated/α-hetero) is 2. The fourth-order valence-electron chi connectivity index (χ4n) is 2.40. The lowest BCUT2D eigenvalue weighted by molar-refractivity contribution is -0.124. The van der Waals surface area contributed by atoms with E-state index in [1.807, 2.05) is 20.8 Å². The van der Waals surface area contributed by atoms with Crippen molar-refractivity contribution in [3.05, 3.63) is 0 Å². The molecule has 0 rings (SSSR count). The summed E-state index contributed by atoms with van der Waals surface area (Å²) in [6, 6.07) is 0.930. The van der Waals surface area contributed by atoms with Gasteiger partial charge in [0.1, 0.15) is 11.6 Å². The summed E-state index contributed by atoms with van der Waals surface area (Å²) in [4.78, 5) is 23.9. The van der Waals surface area contributed by atoms with Gasteiger partial charge in [-0.25, -0.2) is 0 Å². The monoisotopic (exact) mass is 346 g/mol. The zero-order chi connectivity index (χ0) is 17.9. The smallest absolute Gasteiger partial charge is 0.137 e. The minimum Gasteiger partial charge on any atom is -0.300 e. The molecule has 0 bridgehead atoms. The number of carbonyl (C=O) groups excluding carboxylic acids is 2. The molecule has 0 saturated heterocycles. The van der Waals surface area contributed by atoms with Crippen LogP contribution in [0.25, 0.3) is 0 Å². The number of hydrogen-bond acceptors (Lipinski definition) is 2. The third-order valence-electron chi connectivity index (χ3n) is 5.17. The van der Waals surface area contributed by atoms with E-state index in [1.54, 1.807) is 6.92 Å². The van der Waals surface area contributed by atoms with Crippen molar-refractivity contribution >= 4 is 31.2 Å². The van der Waals surface area contributed by atoms with E-state index in [-0.39, 0.29) is 28.4 Å². The molecule has 4 heteroatoms. The predicted molar refractivity (Wildman–Crippen MR) is 99.5 cm³/mol. The Morgan fingerprint density at radius 1 is 1.09 bits per heavy atom. The second kappa shape index (κ2) is 7.61. The third kappa shape index (κ3) is 7.41. The summed E-state index contributed by atoms with van der Waals surface area (Å²) < 4.78 is 0. The fourth-order valence-corrected chi connectivity index (χ4v) is 4.77. The third-order valence-corrected chi connectivity index (χ3v) is 10.9. The molecule has 0 fully saturated rings. The van der Waals surface area contributed by atoms with Gasteiger partial charge in [-0.05, 0) is 38.3 Å². The zero-order valence-electron chi connectivity index (χ0n) is 16.0. The van der Waals surface area contributed by atoms with E-state index in [9.17, 15) is 9.59 Å². The van der Waals surface area contributed by atoms with E-state index >= 15 is 0 Å². The zero-order valence-corrected chi connectivity index (χ0v) is 17.7. The number of hydrogen-bond donors (Lipinski definition) is 0. The second-order valence-corrected chi connectivity index (χ2v) is 15.8. The van der Waals surface area contributed by atoms with Crippen LogP contribution in [0.1, 0.15) is 61.3 Å². The Bertz CT molecular complexity index is 402. The van der Waals surface area contributed by atoms with Crippen molar-refractivity contribution in [2.24, 2.45) is 11.8 Å². The number of rotatable bonds is 8. The minimum absolute atomic E-state index is 0.0437. The lowest BCUT2D eigenvalue weighted by Crippen LogP contribution is -2.41. The van der Waals surface area contributed by atoms with Crippen molar-refractivity contribution in [3.8, 4) is 0 Å². The van der Waals surface area contributed by atoms with Gasteiger partial charge in [-0.1, -0.05) is 40.8 Å². The van der Waals surface area contributed by atoms with Gasteiger partial charge in [-0.2, -0.15) is 0 Å². The van der Waals surface area contributed by atoms with Crippen molar-refractivity contribution in [3.63, 3.8) is 0 Å². The van der Waals surface area contributed by atoms with E-state index in [2.05, 4.69) is 33.9 Å². The van der Waals surface area contributed by atoms with E-state index in [0.29, 0.717) is 12.8 Å². The van der Waals surface area contributed by atoms with Crippen LogP contribution >= 0.6 is 11.6 Å². The topological polar surface area (TPSA) is 34.1 Å². The SMILES string of the molecule is CC(=O)C(C)CC(C[Si](C)(C)C(C)(C)C)C(=O)CC(C)(C)Cl. The number of halogens is 1. The first-order valence-electron chi connectivity index (χ1n) is 8.29. The first-order valence-corrected chi connectivity index (χ1v) is 11.9. The molecule has 2 atom stereocenters. The number of ketones is 2. The molecule has 2 unspecified atom stereocenters. The number of alkyl halides is 1. The van der Waals surface area contributed by atoms with Crippen LogP contribution in [0.15, 0.2) is 0 Å². The minimum atomic E-state index is -1.58. The molecule has 22 heavy (non-hydrogen) atoms. The van der Waals surface area contributed by atoms with Crippen LogP contribution in [0.4, 0.5) is 0 Å². The molecule has 0 amide bonds. The molecule has 0 spiro atoms. The largest absolute Gasteiger partial charge is 0.300 e. The Labute approximate surface area is 143 Å².